The molecule has 0 saturated carbocycles. The molecule has 2 atom stereocenters. The highest BCUT2D eigenvalue weighted by molar-refractivity contribution is 7.10. The van der Waals surface area contributed by atoms with E-state index in [9.17, 15) is 9.90 Å². The predicted molar refractivity (Wildman–Crippen MR) is 81.2 cm³/mol. The van der Waals surface area contributed by atoms with Crippen molar-refractivity contribution >= 4 is 17.2 Å². The fourth-order valence-electron chi connectivity index (χ4n) is 3.43. The fourth-order valence-corrected chi connectivity index (χ4v) is 4.66. The van der Waals surface area contributed by atoms with E-state index >= 15 is 0 Å². The van der Waals surface area contributed by atoms with Crippen LogP contribution in [0.3, 0.4) is 0 Å². The standard InChI is InChI=1S/C16H23NO2S/c1-11-4-5-13-14(10-20-15(13)7-11)16(19)17-6-2-3-12(8-17)9-18/h10-12,18H,2-9H2,1H3. The Morgan fingerprint density at radius 2 is 2.35 bits per heavy atom. The van der Waals surface area contributed by atoms with Crippen molar-refractivity contribution in [3.05, 3.63) is 21.4 Å². The second-order valence-electron chi connectivity index (χ2n) is 6.34. The minimum Gasteiger partial charge on any atom is -0.396 e. The molecule has 3 nitrogen and oxygen atoms in total. The summed E-state index contributed by atoms with van der Waals surface area (Å²) >= 11 is 1.76. The van der Waals surface area contributed by atoms with Gasteiger partial charge >= 0.3 is 0 Å². The first-order valence-electron chi connectivity index (χ1n) is 7.68. The summed E-state index contributed by atoms with van der Waals surface area (Å²) in [5.74, 6) is 1.20. The molecule has 1 amide bonds. The van der Waals surface area contributed by atoms with Crippen LogP contribution in [0.25, 0.3) is 0 Å². The average Bonchev–Trinajstić information content (AvgIpc) is 2.89. The van der Waals surface area contributed by atoms with Crippen molar-refractivity contribution in [3.8, 4) is 0 Å². The van der Waals surface area contributed by atoms with Crippen LogP contribution in [0.2, 0.25) is 0 Å². The third-order valence-corrected chi connectivity index (χ3v) is 5.75. The molecule has 0 radical (unpaired) electrons. The maximum atomic E-state index is 12.7. The lowest BCUT2D eigenvalue weighted by Gasteiger charge is -2.32. The molecule has 0 bridgehead atoms. The van der Waals surface area contributed by atoms with Crippen molar-refractivity contribution in [2.24, 2.45) is 11.8 Å². The highest BCUT2D eigenvalue weighted by Gasteiger charge is 2.28. The molecule has 20 heavy (non-hydrogen) atoms. The molecule has 3 rings (SSSR count). The van der Waals surface area contributed by atoms with E-state index in [4.69, 9.17) is 0 Å². The predicted octanol–water partition coefficient (Wildman–Crippen LogP) is 2.72. The van der Waals surface area contributed by atoms with Crippen molar-refractivity contribution in [3.63, 3.8) is 0 Å². The lowest BCUT2D eigenvalue weighted by molar-refractivity contribution is 0.0620. The number of carbonyl (C=O) groups is 1. The lowest BCUT2D eigenvalue weighted by atomic mass is 9.88. The van der Waals surface area contributed by atoms with E-state index in [-0.39, 0.29) is 18.4 Å². The molecule has 4 heteroatoms. The van der Waals surface area contributed by atoms with Gasteiger partial charge in [-0.05, 0) is 49.5 Å². The van der Waals surface area contributed by atoms with Crippen LogP contribution in [-0.2, 0) is 12.8 Å². The largest absolute Gasteiger partial charge is 0.396 e. The van der Waals surface area contributed by atoms with E-state index in [1.54, 1.807) is 11.3 Å². The first-order valence-corrected chi connectivity index (χ1v) is 8.56. The van der Waals surface area contributed by atoms with Gasteiger partial charge in [-0.2, -0.15) is 0 Å². The van der Waals surface area contributed by atoms with Crippen LogP contribution in [0.5, 0.6) is 0 Å². The van der Waals surface area contributed by atoms with E-state index in [1.807, 2.05) is 4.90 Å². The molecule has 1 saturated heterocycles. The van der Waals surface area contributed by atoms with Gasteiger partial charge in [0.2, 0.25) is 0 Å². The van der Waals surface area contributed by atoms with Gasteiger partial charge in [-0.1, -0.05) is 6.92 Å². The van der Waals surface area contributed by atoms with Crippen LogP contribution >= 0.6 is 11.3 Å². The number of likely N-dealkylation sites (tertiary alicyclic amines) is 1. The Labute approximate surface area is 124 Å². The minimum absolute atomic E-state index is 0.190. The van der Waals surface area contributed by atoms with Crippen LogP contribution in [0.15, 0.2) is 5.38 Å². The zero-order valence-electron chi connectivity index (χ0n) is 12.1. The van der Waals surface area contributed by atoms with Gasteiger partial charge in [-0.15, -0.1) is 11.3 Å². The second kappa shape index (κ2) is 5.86. The number of carbonyl (C=O) groups excluding carboxylic acids is 1. The highest BCUT2D eigenvalue weighted by Crippen LogP contribution is 2.33. The Morgan fingerprint density at radius 3 is 3.15 bits per heavy atom. The summed E-state index contributed by atoms with van der Waals surface area (Å²) in [6.07, 6.45) is 5.44. The van der Waals surface area contributed by atoms with E-state index in [0.29, 0.717) is 0 Å². The number of hydrogen-bond acceptors (Lipinski definition) is 3. The van der Waals surface area contributed by atoms with E-state index < -0.39 is 0 Å². The SMILES string of the molecule is CC1CCc2c(C(=O)N3CCCC(CO)C3)csc2C1. The molecule has 1 aliphatic carbocycles. The average molecular weight is 293 g/mol. The molecule has 1 aromatic heterocycles. The third kappa shape index (κ3) is 2.63. The van der Waals surface area contributed by atoms with Gasteiger partial charge in [-0.3, -0.25) is 4.79 Å². The zero-order chi connectivity index (χ0) is 14.1. The molecular formula is C16H23NO2S. The summed E-state index contributed by atoms with van der Waals surface area (Å²) in [4.78, 5) is 16.1. The third-order valence-electron chi connectivity index (χ3n) is 4.70. The monoisotopic (exact) mass is 293 g/mol. The Hall–Kier alpha value is -0.870. The number of thiophene rings is 1. The fraction of sp³-hybridized carbons (Fsp3) is 0.688. The summed E-state index contributed by atoms with van der Waals surface area (Å²) in [5.41, 5.74) is 2.25. The molecule has 2 unspecified atom stereocenters. The summed E-state index contributed by atoms with van der Waals surface area (Å²) < 4.78 is 0. The molecule has 110 valence electrons. The van der Waals surface area contributed by atoms with E-state index in [1.165, 1.54) is 16.9 Å². The molecule has 1 aliphatic heterocycles. The first kappa shape index (κ1) is 14.1. The number of fused-ring (bicyclic) bond motifs is 1. The summed E-state index contributed by atoms with van der Waals surface area (Å²) in [7, 11) is 0. The molecule has 0 spiro atoms. The molecule has 2 heterocycles. The Kier molecular flexibility index (Phi) is 4.13. The number of amides is 1. The van der Waals surface area contributed by atoms with Crippen molar-refractivity contribution in [2.75, 3.05) is 19.7 Å². The van der Waals surface area contributed by atoms with Crippen LogP contribution in [0, 0.1) is 11.8 Å². The molecule has 1 aromatic rings. The van der Waals surface area contributed by atoms with Crippen LogP contribution in [-0.4, -0.2) is 35.6 Å². The van der Waals surface area contributed by atoms with Crippen LogP contribution in [0.4, 0.5) is 0 Å². The molecule has 1 N–H and O–H groups in total. The summed E-state index contributed by atoms with van der Waals surface area (Å²) in [6, 6.07) is 0. The maximum absolute atomic E-state index is 12.7. The van der Waals surface area contributed by atoms with Crippen LogP contribution in [0.1, 0.15) is 47.0 Å². The maximum Gasteiger partial charge on any atom is 0.254 e. The van der Waals surface area contributed by atoms with Gasteiger partial charge in [-0.25, -0.2) is 0 Å². The van der Waals surface area contributed by atoms with E-state index in [0.717, 1.165) is 50.3 Å². The number of nitrogens with zero attached hydrogens (tertiary/aromatic N) is 1. The Bertz CT molecular complexity index is 497. The van der Waals surface area contributed by atoms with Gasteiger partial charge in [0.05, 0.1) is 5.56 Å². The second-order valence-corrected chi connectivity index (χ2v) is 7.31. The minimum atomic E-state index is 0.190. The number of aliphatic hydroxyl groups excluding tert-OH is 1. The Morgan fingerprint density at radius 1 is 1.50 bits per heavy atom. The lowest BCUT2D eigenvalue weighted by Crippen LogP contribution is -2.41. The smallest absolute Gasteiger partial charge is 0.254 e. The van der Waals surface area contributed by atoms with Crippen molar-refractivity contribution < 1.29 is 9.90 Å². The van der Waals surface area contributed by atoms with Crippen LogP contribution < -0.4 is 0 Å². The number of hydrogen-bond donors (Lipinski definition) is 1. The zero-order valence-corrected chi connectivity index (χ0v) is 12.9. The Balaban J connectivity index is 1.77. The molecular weight excluding hydrogens is 270 g/mol. The van der Waals surface area contributed by atoms with Crippen molar-refractivity contribution in [1.82, 2.24) is 4.90 Å². The van der Waals surface area contributed by atoms with Crippen molar-refractivity contribution in [2.45, 2.75) is 39.0 Å². The molecule has 2 aliphatic rings. The summed E-state index contributed by atoms with van der Waals surface area (Å²) in [5, 5.41) is 11.4. The number of aliphatic hydroxyl groups is 1. The first-order chi connectivity index (χ1) is 9.69. The van der Waals surface area contributed by atoms with Gasteiger partial charge in [0.1, 0.15) is 0 Å². The van der Waals surface area contributed by atoms with E-state index in [2.05, 4.69) is 12.3 Å². The highest BCUT2D eigenvalue weighted by atomic mass is 32.1. The molecule has 1 fully saturated rings. The quantitative estimate of drug-likeness (QED) is 0.911. The van der Waals surface area contributed by atoms with Crippen molar-refractivity contribution in [1.29, 1.82) is 0 Å². The number of piperidine rings is 1. The normalized spacial score (nSPS) is 26.4. The van der Waals surface area contributed by atoms with Gasteiger partial charge in [0.25, 0.3) is 5.91 Å². The summed E-state index contributed by atoms with van der Waals surface area (Å²) in [6.45, 7) is 4.05. The number of rotatable bonds is 2. The van der Waals surface area contributed by atoms with Gasteiger partial charge in [0, 0.05) is 30.0 Å². The van der Waals surface area contributed by atoms with Gasteiger partial charge < -0.3 is 10.0 Å². The topological polar surface area (TPSA) is 40.5 Å². The molecule has 0 aromatic carbocycles. The van der Waals surface area contributed by atoms with Gasteiger partial charge in [0.15, 0.2) is 0 Å².